The highest BCUT2D eigenvalue weighted by molar-refractivity contribution is 9.11. The number of anilines is 1. The summed E-state index contributed by atoms with van der Waals surface area (Å²) in [5.74, 6) is 0. The van der Waals surface area contributed by atoms with E-state index in [1.54, 1.807) is 11.3 Å². The van der Waals surface area contributed by atoms with Crippen LogP contribution in [-0.2, 0) is 13.1 Å². The molecule has 0 bridgehead atoms. The van der Waals surface area contributed by atoms with Crippen molar-refractivity contribution in [1.82, 2.24) is 10.3 Å². The Morgan fingerprint density at radius 1 is 1.44 bits per heavy atom. The summed E-state index contributed by atoms with van der Waals surface area (Å²) in [6, 6.07) is 6.33. The van der Waals surface area contributed by atoms with Crippen molar-refractivity contribution in [2.24, 2.45) is 0 Å². The van der Waals surface area contributed by atoms with E-state index in [4.69, 9.17) is 0 Å². The molecule has 0 radical (unpaired) electrons. The van der Waals surface area contributed by atoms with Crippen molar-refractivity contribution < 1.29 is 0 Å². The van der Waals surface area contributed by atoms with Gasteiger partial charge in [0.25, 0.3) is 0 Å². The van der Waals surface area contributed by atoms with E-state index in [-0.39, 0.29) is 0 Å². The summed E-state index contributed by atoms with van der Waals surface area (Å²) in [6.07, 6.45) is 1.86. The standard InChI is InChI=1S/C13H16BrN3S/c1-15-7-11-6-12(3-4-16-11)17(2)8-10-5-13(14)18-9-10/h3-6,9,15H,7-8H2,1-2H3. The Morgan fingerprint density at radius 3 is 2.94 bits per heavy atom. The number of hydrogen-bond donors (Lipinski definition) is 1. The largest absolute Gasteiger partial charge is 0.370 e. The van der Waals surface area contributed by atoms with E-state index in [0.29, 0.717) is 0 Å². The van der Waals surface area contributed by atoms with Crippen LogP contribution in [0.25, 0.3) is 0 Å². The number of pyridine rings is 1. The third-order valence-electron chi connectivity index (χ3n) is 2.64. The maximum absolute atomic E-state index is 4.33. The quantitative estimate of drug-likeness (QED) is 0.914. The number of hydrogen-bond acceptors (Lipinski definition) is 4. The average Bonchev–Trinajstić information content (AvgIpc) is 2.75. The molecule has 0 spiro atoms. The number of aromatic nitrogens is 1. The minimum absolute atomic E-state index is 0.797. The zero-order valence-electron chi connectivity index (χ0n) is 10.5. The second-order valence-electron chi connectivity index (χ2n) is 4.15. The summed E-state index contributed by atoms with van der Waals surface area (Å²) in [6.45, 7) is 1.71. The third kappa shape index (κ3) is 3.54. The van der Waals surface area contributed by atoms with Gasteiger partial charge in [-0.25, -0.2) is 0 Å². The molecule has 2 aromatic heterocycles. The van der Waals surface area contributed by atoms with E-state index in [1.165, 1.54) is 15.0 Å². The minimum Gasteiger partial charge on any atom is -0.370 e. The predicted octanol–water partition coefficient (Wildman–Crippen LogP) is 3.26. The highest BCUT2D eigenvalue weighted by Gasteiger charge is 2.05. The summed E-state index contributed by atoms with van der Waals surface area (Å²) >= 11 is 5.21. The lowest BCUT2D eigenvalue weighted by molar-refractivity contribution is 0.788. The van der Waals surface area contributed by atoms with Crippen LogP contribution < -0.4 is 10.2 Å². The van der Waals surface area contributed by atoms with Crippen molar-refractivity contribution in [2.45, 2.75) is 13.1 Å². The molecule has 0 amide bonds. The second kappa shape index (κ2) is 6.31. The summed E-state index contributed by atoms with van der Waals surface area (Å²) < 4.78 is 1.18. The number of halogens is 1. The molecule has 0 aromatic carbocycles. The summed E-state index contributed by atoms with van der Waals surface area (Å²) in [5, 5.41) is 5.29. The molecule has 0 unspecified atom stereocenters. The van der Waals surface area contributed by atoms with Gasteiger partial charge >= 0.3 is 0 Å². The van der Waals surface area contributed by atoms with E-state index in [0.717, 1.165) is 18.8 Å². The van der Waals surface area contributed by atoms with Crippen LogP contribution in [0.3, 0.4) is 0 Å². The van der Waals surface area contributed by atoms with Crippen molar-refractivity contribution in [1.29, 1.82) is 0 Å². The first-order valence-electron chi connectivity index (χ1n) is 5.72. The predicted molar refractivity (Wildman–Crippen MR) is 81.1 cm³/mol. The smallest absolute Gasteiger partial charge is 0.0701 e. The first kappa shape index (κ1) is 13.5. The van der Waals surface area contributed by atoms with Gasteiger partial charge in [0.2, 0.25) is 0 Å². The van der Waals surface area contributed by atoms with Gasteiger partial charge in [-0.1, -0.05) is 0 Å². The van der Waals surface area contributed by atoms with Crippen LogP contribution >= 0.6 is 27.3 Å². The summed E-state index contributed by atoms with van der Waals surface area (Å²) in [7, 11) is 4.03. The fourth-order valence-corrected chi connectivity index (χ4v) is 2.97. The van der Waals surface area contributed by atoms with Crippen molar-refractivity contribution in [3.63, 3.8) is 0 Å². The van der Waals surface area contributed by atoms with Crippen LogP contribution in [0.5, 0.6) is 0 Å². The van der Waals surface area contributed by atoms with Crippen LogP contribution in [0.1, 0.15) is 11.3 Å². The lowest BCUT2D eigenvalue weighted by Gasteiger charge is -2.19. The van der Waals surface area contributed by atoms with Gasteiger partial charge in [0, 0.05) is 32.0 Å². The van der Waals surface area contributed by atoms with Crippen molar-refractivity contribution in [3.05, 3.63) is 44.8 Å². The van der Waals surface area contributed by atoms with Gasteiger partial charge in [-0.3, -0.25) is 4.98 Å². The lowest BCUT2D eigenvalue weighted by atomic mass is 10.2. The van der Waals surface area contributed by atoms with Gasteiger partial charge in [0.1, 0.15) is 0 Å². The van der Waals surface area contributed by atoms with Crippen LogP contribution in [0.2, 0.25) is 0 Å². The molecule has 0 aliphatic rings. The molecule has 0 aliphatic heterocycles. The van der Waals surface area contributed by atoms with Crippen molar-refractivity contribution in [3.8, 4) is 0 Å². The molecule has 1 N–H and O–H groups in total. The molecular weight excluding hydrogens is 310 g/mol. The van der Waals surface area contributed by atoms with Crippen molar-refractivity contribution in [2.75, 3.05) is 19.0 Å². The highest BCUT2D eigenvalue weighted by atomic mass is 79.9. The van der Waals surface area contributed by atoms with E-state index in [2.05, 4.69) is 55.7 Å². The SMILES string of the molecule is CNCc1cc(N(C)Cc2csc(Br)c2)ccn1. The van der Waals surface area contributed by atoms with Gasteiger partial charge in [-0.05, 0) is 52.1 Å². The zero-order valence-corrected chi connectivity index (χ0v) is 12.9. The fourth-order valence-electron chi connectivity index (χ4n) is 1.77. The molecule has 0 saturated carbocycles. The normalized spacial score (nSPS) is 10.6. The monoisotopic (exact) mass is 325 g/mol. The Balaban J connectivity index is 2.08. The molecular formula is C13H16BrN3S. The van der Waals surface area contributed by atoms with Crippen LogP contribution in [0.15, 0.2) is 33.6 Å². The maximum atomic E-state index is 4.33. The maximum Gasteiger partial charge on any atom is 0.0701 e. The molecule has 18 heavy (non-hydrogen) atoms. The van der Waals surface area contributed by atoms with Crippen LogP contribution in [0, 0.1) is 0 Å². The first-order valence-corrected chi connectivity index (χ1v) is 7.40. The summed E-state index contributed by atoms with van der Waals surface area (Å²) in [5.41, 5.74) is 3.58. The Kier molecular flexibility index (Phi) is 4.74. The number of thiophene rings is 1. The van der Waals surface area contributed by atoms with Gasteiger partial charge in [0.05, 0.1) is 9.48 Å². The molecule has 0 fully saturated rings. The molecule has 0 aliphatic carbocycles. The fraction of sp³-hybridized carbons (Fsp3) is 0.308. The van der Waals surface area contributed by atoms with E-state index < -0.39 is 0 Å². The Hall–Kier alpha value is -0.910. The number of nitrogens with zero attached hydrogens (tertiary/aromatic N) is 2. The van der Waals surface area contributed by atoms with Gasteiger partial charge in [0.15, 0.2) is 0 Å². The van der Waals surface area contributed by atoms with Crippen LogP contribution in [-0.4, -0.2) is 19.1 Å². The molecule has 0 saturated heterocycles. The molecule has 2 aromatic rings. The van der Waals surface area contributed by atoms with E-state index in [9.17, 15) is 0 Å². The van der Waals surface area contributed by atoms with Crippen molar-refractivity contribution >= 4 is 33.0 Å². The summed E-state index contributed by atoms with van der Waals surface area (Å²) in [4.78, 5) is 6.56. The second-order valence-corrected chi connectivity index (χ2v) is 6.44. The molecule has 2 heterocycles. The molecule has 3 nitrogen and oxygen atoms in total. The zero-order chi connectivity index (χ0) is 13.0. The van der Waals surface area contributed by atoms with Gasteiger partial charge in [-0.15, -0.1) is 11.3 Å². The topological polar surface area (TPSA) is 28.2 Å². The molecule has 2 rings (SSSR count). The molecule has 96 valence electrons. The van der Waals surface area contributed by atoms with E-state index >= 15 is 0 Å². The Morgan fingerprint density at radius 2 is 2.28 bits per heavy atom. The minimum atomic E-state index is 0.797. The highest BCUT2D eigenvalue weighted by Crippen LogP contribution is 2.23. The average molecular weight is 326 g/mol. The number of nitrogens with one attached hydrogen (secondary N) is 1. The third-order valence-corrected chi connectivity index (χ3v) is 4.19. The Bertz CT molecular complexity index is 512. The number of rotatable bonds is 5. The van der Waals surface area contributed by atoms with E-state index in [1.807, 2.05) is 19.3 Å². The van der Waals surface area contributed by atoms with Gasteiger partial charge in [-0.2, -0.15) is 0 Å². The molecule has 0 atom stereocenters. The lowest BCUT2D eigenvalue weighted by Crippen LogP contribution is -2.17. The molecule has 5 heteroatoms. The van der Waals surface area contributed by atoms with Crippen LogP contribution in [0.4, 0.5) is 5.69 Å². The van der Waals surface area contributed by atoms with Gasteiger partial charge < -0.3 is 10.2 Å². The Labute approximate surface area is 120 Å². The first-order chi connectivity index (χ1) is 8.69.